The van der Waals surface area contributed by atoms with Crippen molar-refractivity contribution in [3.8, 4) is 0 Å². The molecule has 6 nitrogen and oxygen atoms in total. The molecule has 0 aromatic rings. The molecular weight excluding hydrogens is 222 g/mol. The van der Waals surface area contributed by atoms with Gasteiger partial charge in [0.1, 0.15) is 0 Å². The standard InChI is InChI=1S/C11H21N3O3/c1-11(2,8-9(15)16)12-10(17)13-14-6-4-3-5-7-14/h3-8H2,1-2H3,(H,15,16)(H2,12,13,17). The van der Waals surface area contributed by atoms with Gasteiger partial charge in [0, 0.05) is 18.6 Å². The predicted octanol–water partition coefficient (Wildman–Crippen LogP) is 0.940. The number of piperidine rings is 1. The lowest BCUT2D eigenvalue weighted by molar-refractivity contribution is -0.138. The minimum atomic E-state index is -0.923. The van der Waals surface area contributed by atoms with Gasteiger partial charge >= 0.3 is 12.0 Å². The van der Waals surface area contributed by atoms with Gasteiger partial charge in [0.15, 0.2) is 0 Å². The first kappa shape index (κ1) is 13.8. The number of urea groups is 1. The molecule has 0 saturated carbocycles. The molecule has 0 unspecified atom stereocenters. The monoisotopic (exact) mass is 243 g/mol. The maximum absolute atomic E-state index is 11.7. The smallest absolute Gasteiger partial charge is 0.329 e. The maximum atomic E-state index is 11.7. The molecule has 0 aromatic heterocycles. The molecular formula is C11H21N3O3. The highest BCUT2D eigenvalue weighted by molar-refractivity contribution is 5.76. The van der Waals surface area contributed by atoms with E-state index in [2.05, 4.69) is 10.7 Å². The number of carbonyl (C=O) groups excluding carboxylic acids is 1. The molecule has 98 valence electrons. The van der Waals surface area contributed by atoms with Gasteiger partial charge in [-0.1, -0.05) is 6.42 Å². The average molecular weight is 243 g/mol. The van der Waals surface area contributed by atoms with Crippen LogP contribution in [0.1, 0.15) is 39.5 Å². The van der Waals surface area contributed by atoms with Crippen LogP contribution in [0.15, 0.2) is 0 Å². The molecule has 1 aliphatic rings. The number of hydrogen-bond acceptors (Lipinski definition) is 3. The molecule has 1 heterocycles. The van der Waals surface area contributed by atoms with Crippen LogP contribution < -0.4 is 10.7 Å². The summed E-state index contributed by atoms with van der Waals surface area (Å²) in [6.45, 7) is 5.09. The van der Waals surface area contributed by atoms with E-state index in [1.807, 2.05) is 5.01 Å². The van der Waals surface area contributed by atoms with E-state index in [1.54, 1.807) is 13.8 Å². The van der Waals surface area contributed by atoms with Crippen molar-refractivity contribution >= 4 is 12.0 Å². The second kappa shape index (κ2) is 5.86. The fourth-order valence-electron chi connectivity index (χ4n) is 1.91. The van der Waals surface area contributed by atoms with E-state index in [9.17, 15) is 9.59 Å². The van der Waals surface area contributed by atoms with Crippen LogP contribution in [0, 0.1) is 0 Å². The maximum Gasteiger partial charge on any atom is 0.329 e. The van der Waals surface area contributed by atoms with Crippen LogP contribution >= 0.6 is 0 Å². The summed E-state index contributed by atoms with van der Waals surface area (Å²) in [7, 11) is 0. The Balaban J connectivity index is 2.34. The Hall–Kier alpha value is -1.30. The molecule has 1 aliphatic heterocycles. The first-order valence-electron chi connectivity index (χ1n) is 5.95. The van der Waals surface area contributed by atoms with Crippen molar-refractivity contribution in [3.63, 3.8) is 0 Å². The number of aliphatic carboxylic acids is 1. The van der Waals surface area contributed by atoms with Gasteiger partial charge in [0.25, 0.3) is 0 Å². The number of nitrogens with one attached hydrogen (secondary N) is 2. The molecule has 0 aliphatic carbocycles. The molecule has 1 rings (SSSR count). The quantitative estimate of drug-likeness (QED) is 0.686. The Morgan fingerprint density at radius 3 is 2.35 bits per heavy atom. The van der Waals surface area contributed by atoms with Gasteiger partial charge in [-0.3, -0.25) is 10.2 Å². The van der Waals surface area contributed by atoms with Crippen LogP contribution in [0.4, 0.5) is 4.79 Å². The number of amides is 2. The van der Waals surface area contributed by atoms with E-state index in [1.165, 1.54) is 6.42 Å². The van der Waals surface area contributed by atoms with Gasteiger partial charge in [0.2, 0.25) is 0 Å². The number of carbonyl (C=O) groups is 2. The van der Waals surface area contributed by atoms with Gasteiger partial charge in [-0.2, -0.15) is 0 Å². The van der Waals surface area contributed by atoms with Crippen molar-refractivity contribution in [2.75, 3.05) is 13.1 Å². The van der Waals surface area contributed by atoms with Crippen molar-refractivity contribution < 1.29 is 14.7 Å². The molecule has 2 amide bonds. The van der Waals surface area contributed by atoms with Crippen molar-refractivity contribution in [1.82, 2.24) is 15.8 Å². The number of carboxylic acid groups (broad SMARTS) is 1. The van der Waals surface area contributed by atoms with Gasteiger partial charge in [-0.05, 0) is 26.7 Å². The Morgan fingerprint density at radius 1 is 1.24 bits per heavy atom. The molecule has 6 heteroatoms. The van der Waals surface area contributed by atoms with Crippen LogP contribution in [0.2, 0.25) is 0 Å². The van der Waals surface area contributed by atoms with Crippen LogP contribution in [0.5, 0.6) is 0 Å². The Morgan fingerprint density at radius 2 is 1.82 bits per heavy atom. The Bertz CT molecular complexity index is 286. The highest BCUT2D eigenvalue weighted by Crippen LogP contribution is 2.09. The van der Waals surface area contributed by atoms with Gasteiger partial charge in [-0.15, -0.1) is 0 Å². The first-order valence-corrected chi connectivity index (χ1v) is 5.95. The molecule has 3 N–H and O–H groups in total. The summed E-state index contributed by atoms with van der Waals surface area (Å²) in [5.41, 5.74) is 1.99. The van der Waals surface area contributed by atoms with Crippen molar-refractivity contribution in [1.29, 1.82) is 0 Å². The Labute approximate surface area is 101 Å². The molecule has 0 radical (unpaired) electrons. The molecule has 0 bridgehead atoms. The van der Waals surface area contributed by atoms with Gasteiger partial charge < -0.3 is 10.4 Å². The zero-order chi connectivity index (χ0) is 12.9. The minimum absolute atomic E-state index is 0.0968. The SMILES string of the molecule is CC(C)(CC(=O)O)NC(=O)NN1CCCCC1. The first-order chi connectivity index (χ1) is 7.89. The van der Waals surface area contributed by atoms with Crippen LogP contribution in [0.3, 0.4) is 0 Å². The third kappa shape index (κ3) is 5.53. The second-order valence-corrected chi connectivity index (χ2v) is 5.07. The fourth-order valence-corrected chi connectivity index (χ4v) is 1.91. The molecule has 1 saturated heterocycles. The second-order valence-electron chi connectivity index (χ2n) is 5.07. The molecule has 17 heavy (non-hydrogen) atoms. The lowest BCUT2D eigenvalue weighted by Gasteiger charge is -2.30. The van der Waals surface area contributed by atoms with E-state index in [4.69, 9.17) is 5.11 Å². The lowest BCUT2D eigenvalue weighted by atomic mass is 10.0. The van der Waals surface area contributed by atoms with Crippen LogP contribution in [0.25, 0.3) is 0 Å². The fraction of sp³-hybridized carbons (Fsp3) is 0.818. The predicted molar refractivity (Wildman–Crippen MR) is 63.4 cm³/mol. The zero-order valence-corrected chi connectivity index (χ0v) is 10.5. The Kier molecular flexibility index (Phi) is 4.74. The lowest BCUT2D eigenvalue weighted by Crippen LogP contribution is -2.55. The normalized spacial score (nSPS) is 17.5. The zero-order valence-electron chi connectivity index (χ0n) is 10.5. The summed E-state index contributed by atoms with van der Waals surface area (Å²) >= 11 is 0. The third-order valence-electron chi connectivity index (χ3n) is 2.66. The number of carboxylic acids is 1. The van der Waals surface area contributed by atoms with Crippen LogP contribution in [-0.4, -0.2) is 40.7 Å². The van der Waals surface area contributed by atoms with Gasteiger partial charge in [0.05, 0.1) is 6.42 Å². The van der Waals surface area contributed by atoms with E-state index < -0.39 is 11.5 Å². The number of rotatable bonds is 4. The van der Waals surface area contributed by atoms with Gasteiger partial charge in [-0.25, -0.2) is 9.80 Å². The topological polar surface area (TPSA) is 81.7 Å². The van der Waals surface area contributed by atoms with Crippen molar-refractivity contribution in [2.24, 2.45) is 0 Å². The van der Waals surface area contributed by atoms with Crippen molar-refractivity contribution in [2.45, 2.75) is 45.1 Å². The van der Waals surface area contributed by atoms with Crippen LogP contribution in [-0.2, 0) is 4.79 Å². The summed E-state index contributed by atoms with van der Waals surface area (Å²) in [5, 5.41) is 13.2. The van der Waals surface area contributed by atoms with E-state index in [0.29, 0.717) is 0 Å². The van der Waals surface area contributed by atoms with E-state index >= 15 is 0 Å². The highest BCUT2D eigenvalue weighted by Gasteiger charge is 2.24. The number of hydrogen-bond donors (Lipinski definition) is 3. The molecule has 1 fully saturated rings. The number of hydrazine groups is 1. The van der Waals surface area contributed by atoms with E-state index in [-0.39, 0.29) is 12.5 Å². The highest BCUT2D eigenvalue weighted by atomic mass is 16.4. The summed E-state index contributed by atoms with van der Waals surface area (Å²) in [6.07, 6.45) is 3.27. The minimum Gasteiger partial charge on any atom is -0.481 e. The summed E-state index contributed by atoms with van der Waals surface area (Å²) < 4.78 is 0. The van der Waals surface area contributed by atoms with E-state index in [0.717, 1.165) is 25.9 Å². The summed E-state index contributed by atoms with van der Waals surface area (Å²) in [6, 6.07) is -0.335. The largest absolute Gasteiger partial charge is 0.481 e. The molecule has 0 atom stereocenters. The third-order valence-corrected chi connectivity index (χ3v) is 2.66. The van der Waals surface area contributed by atoms with Crippen molar-refractivity contribution in [3.05, 3.63) is 0 Å². The summed E-state index contributed by atoms with van der Waals surface area (Å²) in [4.78, 5) is 22.3. The number of nitrogens with zero attached hydrogens (tertiary/aromatic N) is 1. The molecule has 0 aromatic carbocycles. The average Bonchev–Trinajstić information content (AvgIpc) is 2.15. The summed E-state index contributed by atoms with van der Waals surface area (Å²) in [5.74, 6) is -0.923. The molecule has 0 spiro atoms.